The molecular weight excluding hydrogens is 187 g/mol. The van der Waals surface area contributed by atoms with Crippen LogP contribution in [0.15, 0.2) is 0 Å². The summed E-state index contributed by atoms with van der Waals surface area (Å²) in [5.74, 6) is 0. The summed E-state index contributed by atoms with van der Waals surface area (Å²) < 4.78 is 0. The Labute approximate surface area is 79.7 Å². The average Bonchev–Trinajstić information content (AvgIpc) is 1.63. The van der Waals surface area contributed by atoms with E-state index in [4.69, 9.17) is 16.7 Å². The monoisotopic (exact) mass is 204 g/mol. The number of alkyl halides is 1. The molecule has 3 nitrogen and oxygen atoms in total. The van der Waals surface area contributed by atoms with Crippen molar-refractivity contribution >= 4 is 24.0 Å². The molecule has 0 amide bonds. The fraction of sp³-hybridized carbons (Fsp3) is 1.00. The number of aliphatic hydroxyl groups excluding tert-OH is 1. The predicted octanol–water partition coefficient (Wildman–Crippen LogP) is 1.47. The SMILES string of the molecule is CC(O)CC(Cl)N(C)C.Cl.N. The number of halogens is 2. The van der Waals surface area contributed by atoms with Crippen LogP contribution in [-0.2, 0) is 0 Å². The quantitative estimate of drug-likeness (QED) is 0.541. The topological polar surface area (TPSA) is 58.5 Å². The van der Waals surface area contributed by atoms with Crippen molar-refractivity contribution in [2.24, 2.45) is 0 Å². The van der Waals surface area contributed by atoms with Crippen LogP contribution in [0.2, 0.25) is 0 Å². The van der Waals surface area contributed by atoms with E-state index >= 15 is 0 Å². The summed E-state index contributed by atoms with van der Waals surface area (Å²) in [5, 5.41) is 8.86. The maximum absolute atomic E-state index is 8.86. The van der Waals surface area contributed by atoms with Crippen LogP contribution in [0.25, 0.3) is 0 Å². The minimum atomic E-state index is -0.310. The summed E-state index contributed by atoms with van der Waals surface area (Å²) in [6.45, 7) is 1.74. The van der Waals surface area contributed by atoms with Crippen molar-refractivity contribution in [2.75, 3.05) is 14.1 Å². The second-order valence-corrected chi connectivity index (χ2v) is 2.99. The Kier molecular flexibility index (Phi) is 13.6. The van der Waals surface area contributed by atoms with Gasteiger partial charge in [0, 0.05) is 6.42 Å². The number of rotatable bonds is 3. The van der Waals surface area contributed by atoms with Crippen LogP contribution in [0.1, 0.15) is 13.3 Å². The van der Waals surface area contributed by atoms with Gasteiger partial charge in [0.25, 0.3) is 0 Å². The minimum absolute atomic E-state index is 0. The molecule has 0 fully saturated rings. The fourth-order valence-corrected chi connectivity index (χ4v) is 0.750. The van der Waals surface area contributed by atoms with E-state index in [0.29, 0.717) is 6.42 Å². The van der Waals surface area contributed by atoms with E-state index in [0.717, 1.165) is 0 Å². The highest BCUT2D eigenvalue weighted by atomic mass is 35.5. The third-order valence-electron chi connectivity index (χ3n) is 1.10. The van der Waals surface area contributed by atoms with Crippen LogP contribution in [0.3, 0.4) is 0 Å². The highest BCUT2D eigenvalue weighted by Gasteiger charge is 2.08. The van der Waals surface area contributed by atoms with Gasteiger partial charge in [0.15, 0.2) is 0 Å². The molecule has 0 spiro atoms. The first-order valence-corrected chi connectivity index (χ1v) is 3.46. The van der Waals surface area contributed by atoms with Crippen molar-refractivity contribution in [3.05, 3.63) is 0 Å². The Morgan fingerprint density at radius 2 is 1.82 bits per heavy atom. The molecule has 0 aliphatic rings. The molecule has 0 saturated heterocycles. The normalized spacial score (nSPS) is 14.7. The highest BCUT2D eigenvalue weighted by molar-refractivity contribution is 6.20. The summed E-state index contributed by atoms with van der Waals surface area (Å²) in [6, 6.07) is 0. The Bertz CT molecular complexity index is 81.0. The molecule has 2 atom stereocenters. The zero-order valence-electron chi connectivity index (χ0n) is 7.25. The first-order valence-electron chi connectivity index (χ1n) is 3.02. The van der Waals surface area contributed by atoms with E-state index in [9.17, 15) is 0 Å². The average molecular weight is 205 g/mol. The van der Waals surface area contributed by atoms with Crippen LogP contribution in [0.4, 0.5) is 0 Å². The molecule has 0 bridgehead atoms. The third kappa shape index (κ3) is 10.5. The van der Waals surface area contributed by atoms with Gasteiger partial charge in [0.2, 0.25) is 0 Å². The van der Waals surface area contributed by atoms with Gasteiger partial charge in [0.05, 0.1) is 11.6 Å². The highest BCUT2D eigenvalue weighted by Crippen LogP contribution is 2.06. The molecule has 0 saturated carbocycles. The third-order valence-corrected chi connectivity index (χ3v) is 1.66. The number of hydrogen-bond donors (Lipinski definition) is 2. The summed E-state index contributed by atoms with van der Waals surface area (Å²) in [4.78, 5) is 1.87. The lowest BCUT2D eigenvalue weighted by Crippen LogP contribution is -2.25. The predicted molar refractivity (Wildman–Crippen MR) is 51.9 cm³/mol. The molecule has 5 heteroatoms. The van der Waals surface area contributed by atoms with Gasteiger partial charge in [-0.15, -0.1) is 24.0 Å². The molecular formula is C6H18Cl2N2O. The van der Waals surface area contributed by atoms with Crippen LogP contribution in [0.5, 0.6) is 0 Å². The summed E-state index contributed by atoms with van der Waals surface area (Å²) in [6.07, 6.45) is 0.309. The van der Waals surface area contributed by atoms with Crippen LogP contribution in [0, 0.1) is 0 Å². The summed E-state index contributed by atoms with van der Waals surface area (Å²) in [5.41, 5.74) is -0.0509. The minimum Gasteiger partial charge on any atom is -0.393 e. The van der Waals surface area contributed by atoms with Crippen molar-refractivity contribution in [3.8, 4) is 0 Å². The van der Waals surface area contributed by atoms with E-state index in [1.807, 2.05) is 19.0 Å². The summed E-state index contributed by atoms with van der Waals surface area (Å²) in [7, 11) is 3.78. The Balaban J connectivity index is -0.000000320. The molecule has 0 aliphatic heterocycles. The zero-order chi connectivity index (χ0) is 7.44. The first-order chi connectivity index (χ1) is 4.04. The van der Waals surface area contributed by atoms with E-state index < -0.39 is 0 Å². The molecule has 0 aromatic heterocycles. The van der Waals surface area contributed by atoms with Gasteiger partial charge >= 0.3 is 0 Å². The molecule has 0 aromatic carbocycles. The van der Waals surface area contributed by atoms with Gasteiger partial charge in [0.1, 0.15) is 0 Å². The van der Waals surface area contributed by atoms with Gasteiger partial charge < -0.3 is 11.3 Å². The van der Waals surface area contributed by atoms with Crippen LogP contribution < -0.4 is 6.15 Å². The Hall–Kier alpha value is 0.460. The van der Waals surface area contributed by atoms with Gasteiger partial charge in [-0.25, -0.2) is 0 Å². The molecule has 11 heavy (non-hydrogen) atoms. The van der Waals surface area contributed by atoms with Crippen LogP contribution >= 0.6 is 24.0 Å². The number of aliphatic hydroxyl groups is 1. The van der Waals surface area contributed by atoms with Crippen LogP contribution in [-0.4, -0.2) is 35.7 Å². The fourth-order valence-electron chi connectivity index (χ4n) is 0.492. The molecule has 0 rings (SSSR count). The lowest BCUT2D eigenvalue weighted by molar-refractivity contribution is 0.161. The number of nitrogens with zero attached hydrogens (tertiary/aromatic N) is 1. The van der Waals surface area contributed by atoms with Crippen molar-refractivity contribution in [2.45, 2.75) is 24.9 Å². The van der Waals surface area contributed by atoms with Gasteiger partial charge in [-0.3, -0.25) is 4.90 Å². The Morgan fingerprint density at radius 1 is 1.45 bits per heavy atom. The Morgan fingerprint density at radius 3 is 1.91 bits per heavy atom. The first kappa shape index (κ1) is 17.5. The van der Waals surface area contributed by atoms with Gasteiger partial charge in [-0.2, -0.15) is 0 Å². The van der Waals surface area contributed by atoms with Gasteiger partial charge in [-0.05, 0) is 21.0 Å². The molecule has 0 aromatic rings. The van der Waals surface area contributed by atoms with E-state index in [2.05, 4.69) is 0 Å². The molecule has 0 aliphatic carbocycles. The maximum Gasteiger partial charge on any atom is 0.0870 e. The molecule has 2 unspecified atom stereocenters. The second kappa shape index (κ2) is 8.56. The number of hydrogen-bond acceptors (Lipinski definition) is 3. The van der Waals surface area contributed by atoms with E-state index in [-0.39, 0.29) is 30.2 Å². The smallest absolute Gasteiger partial charge is 0.0870 e. The van der Waals surface area contributed by atoms with Gasteiger partial charge in [-0.1, -0.05) is 0 Å². The van der Waals surface area contributed by atoms with Crippen molar-refractivity contribution in [3.63, 3.8) is 0 Å². The van der Waals surface area contributed by atoms with E-state index in [1.165, 1.54) is 0 Å². The molecule has 4 N–H and O–H groups in total. The summed E-state index contributed by atoms with van der Waals surface area (Å²) >= 11 is 5.78. The van der Waals surface area contributed by atoms with Crippen molar-refractivity contribution < 1.29 is 5.11 Å². The molecule has 72 valence electrons. The zero-order valence-corrected chi connectivity index (χ0v) is 8.82. The standard InChI is InChI=1S/C6H14ClNO.ClH.H3N/c1-5(9)4-6(7)8(2)3;;/h5-6,9H,4H2,1-3H3;1H;1H3. The maximum atomic E-state index is 8.86. The van der Waals surface area contributed by atoms with E-state index in [1.54, 1.807) is 6.92 Å². The second-order valence-electron chi connectivity index (χ2n) is 2.48. The molecule has 0 heterocycles. The largest absolute Gasteiger partial charge is 0.393 e. The lowest BCUT2D eigenvalue weighted by atomic mass is 10.3. The molecule has 0 radical (unpaired) electrons. The van der Waals surface area contributed by atoms with Crippen molar-refractivity contribution in [1.29, 1.82) is 0 Å². The van der Waals surface area contributed by atoms with Crippen molar-refractivity contribution in [1.82, 2.24) is 11.1 Å². The lowest BCUT2D eigenvalue weighted by Gasteiger charge is -2.18.